The lowest BCUT2D eigenvalue weighted by molar-refractivity contribution is -0.132. The molecule has 9 heteroatoms. The molecule has 3 aromatic rings. The third kappa shape index (κ3) is 5.31. The van der Waals surface area contributed by atoms with E-state index in [9.17, 15) is 18.0 Å². The first-order chi connectivity index (χ1) is 16.8. The second kappa shape index (κ2) is 10.5. The van der Waals surface area contributed by atoms with Crippen LogP contribution in [-0.2, 0) is 14.8 Å². The van der Waals surface area contributed by atoms with E-state index in [0.29, 0.717) is 17.1 Å². The van der Waals surface area contributed by atoms with Crippen LogP contribution in [0.4, 0.5) is 0 Å². The first-order valence-electron chi connectivity index (χ1n) is 11.4. The highest BCUT2D eigenvalue weighted by molar-refractivity contribution is 7.89. The molecule has 4 rings (SSSR count). The number of piperazine rings is 1. The van der Waals surface area contributed by atoms with E-state index in [1.165, 1.54) is 18.5 Å². The minimum Gasteiger partial charge on any atom is -0.493 e. The zero-order valence-electron chi connectivity index (χ0n) is 19.8. The summed E-state index contributed by atoms with van der Waals surface area (Å²) in [7, 11) is -0.643. The summed E-state index contributed by atoms with van der Waals surface area (Å²) in [6.07, 6.45) is 0.120. The number of Topliss-reactive ketones (excluding diaryl/α,β-unsaturated/α-hetero) is 1. The van der Waals surface area contributed by atoms with Crippen LogP contribution in [0.5, 0.6) is 11.5 Å². The van der Waals surface area contributed by atoms with Crippen molar-refractivity contribution in [1.82, 2.24) is 9.21 Å². The van der Waals surface area contributed by atoms with Crippen LogP contribution < -0.4 is 9.47 Å². The molecule has 1 fully saturated rings. The van der Waals surface area contributed by atoms with Crippen molar-refractivity contribution in [3.63, 3.8) is 0 Å². The monoisotopic (exact) mass is 496 g/mol. The maximum absolute atomic E-state index is 13.1. The Morgan fingerprint density at radius 1 is 0.800 bits per heavy atom. The highest BCUT2D eigenvalue weighted by atomic mass is 32.2. The lowest BCUT2D eigenvalue weighted by Gasteiger charge is -2.34. The highest BCUT2D eigenvalue weighted by Gasteiger charge is 2.30. The molecule has 1 aliphatic heterocycles. The number of benzene rings is 3. The minimum atomic E-state index is -3.66. The average Bonchev–Trinajstić information content (AvgIpc) is 2.90. The summed E-state index contributed by atoms with van der Waals surface area (Å²) in [4.78, 5) is 27.1. The Morgan fingerprint density at radius 2 is 1.49 bits per heavy atom. The van der Waals surface area contributed by atoms with Gasteiger partial charge in [0.25, 0.3) is 0 Å². The van der Waals surface area contributed by atoms with Gasteiger partial charge in [0.1, 0.15) is 0 Å². The Kier molecular flexibility index (Phi) is 7.37. The standard InChI is InChI=1S/C26H28N2O6S/c1-33-24-11-8-21(18-25(24)34-2)23(29)10-12-26(30)27-13-15-28(16-14-27)35(31,32)22-9-7-19-5-3-4-6-20(19)17-22/h3-9,11,17-18H,10,12-16H2,1-2H3. The summed E-state index contributed by atoms with van der Waals surface area (Å²) in [5.41, 5.74) is 0.446. The van der Waals surface area contributed by atoms with Gasteiger partial charge in [-0.1, -0.05) is 30.3 Å². The number of ketones is 1. The van der Waals surface area contributed by atoms with Gasteiger partial charge in [-0.3, -0.25) is 9.59 Å². The van der Waals surface area contributed by atoms with Crippen LogP contribution in [0, 0.1) is 0 Å². The topological polar surface area (TPSA) is 93.2 Å². The number of sulfonamides is 1. The van der Waals surface area contributed by atoms with Crippen LogP contribution in [0.2, 0.25) is 0 Å². The van der Waals surface area contributed by atoms with Crippen molar-refractivity contribution < 1.29 is 27.5 Å². The van der Waals surface area contributed by atoms with Gasteiger partial charge in [-0.15, -0.1) is 0 Å². The fourth-order valence-corrected chi connectivity index (χ4v) is 5.65. The van der Waals surface area contributed by atoms with Gasteiger partial charge in [0.05, 0.1) is 19.1 Å². The Balaban J connectivity index is 1.33. The summed E-state index contributed by atoms with van der Waals surface area (Å²) >= 11 is 0. The maximum atomic E-state index is 13.1. The van der Waals surface area contributed by atoms with Crippen LogP contribution in [0.15, 0.2) is 65.6 Å². The van der Waals surface area contributed by atoms with Crippen molar-refractivity contribution in [3.8, 4) is 11.5 Å². The largest absolute Gasteiger partial charge is 0.493 e. The molecule has 0 unspecified atom stereocenters. The molecule has 0 spiro atoms. The molecule has 0 aromatic heterocycles. The van der Waals surface area contributed by atoms with E-state index in [2.05, 4.69) is 0 Å². The zero-order chi connectivity index (χ0) is 25.0. The van der Waals surface area contributed by atoms with Gasteiger partial charge in [-0.25, -0.2) is 8.42 Å². The van der Waals surface area contributed by atoms with Crippen LogP contribution >= 0.6 is 0 Å². The van der Waals surface area contributed by atoms with E-state index in [4.69, 9.17) is 9.47 Å². The first-order valence-corrected chi connectivity index (χ1v) is 12.8. The molecule has 1 amide bonds. The molecule has 1 saturated heterocycles. The smallest absolute Gasteiger partial charge is 0.243 e. The second-order valence-corrected chi connectivity index (χ2v) is 10.2. The van der Waals surface area contributed by atoms with Crippen LogP contribution in [0.3, 0.4) is 0 Å². The summed E-state index contributed by atoms with van der Waals surface area (Å²) in [6, 6.07) is 17.6. The molecular formula is C26H28N2O6S. The van der Waals surface area contributed by atoms with Crippen molar-refractivity contribution in [2.45, 2.75) is 17.7 Å². The molecule has 184 valence electrons. The van der Waals surface area contributed by atoms with E-state index >= 15 is 0 Å². The van der Waals surface area contributed by atoms with E-state index < -0.39 is 10.0 Å². The number of hydrogen-bond donors (Lipinski definition) is 0. The second-order valence-electron chi connectivity index (χ2n) is 8.29. The van der Waals surface area contributed by atoms with E-state index in [0.717, 1.165) is 10.8 Å². The van der Waals surface area contributed by atoms with Gasteiger partial charge in [-0.2, -0.15) is 4.31 Å². The third-order valence-electron chi connectivity index (χ3n) is 6.22. The molecule has 3 aromatic carbocycles. The fraction of sp³-hybridized carbons (Fsp3) is 0.308. The Bertz CT molecular complexity index is 1350. The molecule has 1 heterocycles. The number of fused-ring (bicyclic) bond motifs is 1. The van der Waals surface area contributed by atoms with Crippen molar-refractivity contribution in [3.05, 3.63) is 66.2 Å². The summed E-state index contributed by atoms with van der Waals surface area (Å²) in [5.74, 6) is 0.642. The molecular weight excluding hydrogens is 468 g/mol. The van der Waals surface area contributed by atoms with Crippen molar-refractivity contribution in [2.75, 3.05) is 40.4 Å². The number of carbonyl (C=O) groups excluding carboxylic acids is 2. The van der Waals surface area contributed by atoms with Crippen molar-refractivity contribution in [2.24, 2.45) is 0 Å². The molecule has 0 bridgehead atoms. The lowest BCUT2D eigenvalue weighted by Crippen LogP contribution is -2.50. The Morgan fingerprint density at radius 3 is 2.17 bits per heavy atom. The van der Waals surface area contributed by atoms with E-state index in [1.54, 1.807) is 41.3 Å². The molecule has 0 aliphatic carbocycles. The van der Waals surface area contributed by atoms with Crippen molar-refractivity contribution in [1.29, 1.82) is 0 Å². The number of rotatable bonds is 8. The molecule has 0 atom stereocenters. The van der Waals surface area contributed by atoms with Gasteiger partial charge < -0.3 is 14.4 Å². The highest BCUT2D eigenvalue weighted by Crippen LogP contribution is 2.28. The Hall–Kier alpha value is -3.43. The molecule has 35 heavy (non-hydrogen) atoms. The number of methoxy groups -OCH3 is 2. The minimum absolute atomic E-state index is 0.0594. The van der Waals surface area contributed by atoms with Crippen LogP contribution in [-0.4, -0.2) is 69.7 Å². The first kappa shape index (κ1) is 24.7. The molecule has 8 nitrogen and oxygen atoms in total. The number of amides is 1. The number of nitrogens with zero attached hydrogens (tertiary/aromatic N) is 2. The third-order valence-corrected chi connectivity index (χ3v) is 8.12. The number of hydrogen-bond acceptors (Lipinski definition) is 6. The number of ether oxygens (including phenoxy) is 2. The predicted octanol–water partition coefficient (Wildman–Crippen LogP) is 3.35. The van der Waals surface area contributed by atoms with Crippen LogP contribution in [0.25, 0.3) is 10.8 Å². The average molecular weight is 497 g/mol. The molecule has 1 aliphatic rings. The Labute approximate surface area is 205 Å². The predicted molar refractivity (Wildman–Crippen MR) is 132 cm³/mol. The summed E-state index contributed by atoms with van der Waals surface area (Å²) in [6.45, 7) is 1.00. The summed E-state index contributed by atoms with van der Waals surface area (Å²) < 4.78 is 38.1. The van der Waals surface area contributed by atoms with Crippen LogP contribution in [0.1, 0.15) is 23.2 Å². The van der Waals surface area contributed by atoms with E-state index in [-0.39, 0.29) is 55.6 Å². The number of carbonyl (C=O) groups is 2. The van der Waals surface area contributed by atoms with Gasteiger partial charge in [0, 0.05) is 44.6 Å². The molecule has 0 N–H and O–H groups in total. The van der Waals surface area contributed by atoms with E-state index in [1.807, 2.05) is 24.3 Å². The van der Waals surface area contributed by atoms with Gasteiger partial charge >= 0.3 is 0 Å². The maximum Gasteiger partial charge on any atom is 0.243 e. The SMILES string of the molecule is COc1ccc(C(=O)CCC(=O)N2CCN(S(=O)(=O)c3ccc4ccccc4c3)CC2)cc1OC. The van der Waals surface area contributed by atoms with Gasteiger partial charge in [0.15, 0.2) is 17.3 Å². The van der Waals surface area contributed by atoms with Crippen molar-refractivity contribution >= 4 is 32.5 Å². The zero-order valence-corrected chi connectivity index (χ0v) is 20.6. The normalized spacial score (nSPS) is 14.6. The quantitative estimate of drug-likeness (QED) is 0.444. The van der Waals surface area contributed by atoms with Gasteiger partial charge in [0.2, 0.25) is 15.9 Å². The fourth-order valence-electron chi connectivity index (χ4n) is 4.19. The molecule has 0 radical (unpaired) electrons. The lowest BCUT2D eigenvalue weighted by atomic mass is 10.1. The van der Waals surface area contributed by atoms with Gasteiger partial charge in [-0.05, 0) is 41.1 Å². The molecule has 0 saturated carbocycles. The summed E-state index contributed by atoms with van der Waals surface area (Å²) in [5, 5.41) is 1.84.